The van der Waals surface area contributed by atoms with Gasteiger partial charge in [-0.25, -0.2) is 4.39 Å². The third-order valence-electron chi connectivity index (χ3n) is 8.41. The van der Waals surface area contributed by atoms with Crippen LogP contribution in [0.2, 0.25) is 5.02 Å². The maximum atomic E-state index is 16.4. The van der Waals surface area contributed by atoms with Crippen molar-refractivity contribution in [2.45, 2.75) is 51.6 Å². The zero-order chi connectivity index (χ0) is 28.5. The number of fused-ring (bicyclic) bond motifs is 3. The van der Waals surface area contributed by atoms with Crippen molar-refractivity contribution >= 4 is 40.0 Å². The first-order chi connectivity index (χ1) is 19.9. The van der Waals surface area contributed by atoms with Crippen molar-refractivity contribution in [2.75, 3.05) is 44.2 Å². The monoisotopic (exact) mass is 577 g/mol. The predicted molar refractivity (Wildman–Crippen MR) is 163 cm³/mol. The maximum Gasteiger partial charge on any atom is 0.319 e. The lowest BCUT2D eigenvalue weighted by molar-refractivity contribution is 0.163. The number of anilines is 1. The number of aliphatic hydroxyl groups excluding tert-OH is 1. The van der Waals surface area contributed by atoms with E-state index in [9.17, 15) is 5.11 Å². The van der Waals surface area contributed by atoms with Gasteiger partial charge >= 0.3 is 6.01 Å². The first-order valence-corrected chi connectivity index (χ1v) is 14.9. The largest absolute Gasteiger partial charge is 0.508 e. The van der Waals surface area contributed by atoms with Crippen LogP contribution >= 0.6 is 11.6 Å². The number of nitrogens with one attached hydrogen (secondary N) is 1. The third kappa shape index (κ3) is 6.05. The lowest BCUT2D eigenvalue weighted by atomic mass is 10.0. The van der Waals surface area contributed by atoms with Crippen molar-refractivity contribution in [3.8, 4) is 6.01 Å². The van der Waals surface area contributed by atoms with Gasteiger partial charge in [0, 0.05) is 42.7 Å². The molecule has 9 heteroatoms. The summed E-state index contributed by atoms with van der Waals surface area (Å²) >= 11 is 6.74. The molecule has 41 heavy (non-hydrogen) atoms. The van der Waals surface area contributed by atoms with Gasteiger partial charge in [-0.05, 0) is 87.5 Å². The Hall–Kier alpha value is -3.20. The van der Waals surface area contributed by atoms with E-state index in [0.717, 1.165) is 63.1 Å². The second kappa shape index (κ2) is 12.0. The highest BCUT2D eigenvalue weighted by atomic mass is 35.5. The number of hydrogen-bond donors (Lipinski definition) is 2. The Kier molecular flexibility index (Phi) is 8.15. The molecule has 3 saturated heterocycles. The fraction of sp³-hybridized carbons (Fsp3) is 0.438. The summed E-state index contributed by atoms with van der Waals surface area (Å²) in [6, 6.07) is 10.4. The Bertz CT molecular complexity index is 1490. The van der Waals surface area contributed by atoms with Crippen LogP contribution in [0.3, 0.4) is 0 Å². The maximum absolute atomic E-state index is 16.4. The van der Waals surface area contributed by atoms with Crippen molar-refractivity contribution in [2.24, 2.45) is 0 Å². The van der Waals surface area contributed by atoms with Gasteiger partial charge in [0.05, 0.1) is 11.6 Å². The molecule has 0 spiro atoms. The van der Waals surface area contributed by atoms with Crippen LogP contribution in [0.25, 0.3) is 22.6 Å². The lowest BCUT2D eigenvalue weighted by Crippen LogP contribution is -2.51. The summed E-state index contributed by atoms with van der Waals surface area (Å²) in [4.78, 5) is 13.9. The molecule has 216 valence electrons. The van der Waals surface area contributed by atoms with E-state index in [1.54, 1.807) is 19.1 Å². The number of halogens is 2. The smallest absolute Gasteiger partial charge is 0.319 e. The van der Waals surface area contributed by atoms with Crippen molar-refractivity contribution in [3.63, 3.8) is 0 Å². The molecule has 2 atom stereocenters. The standard InChI is InChI=1S/C32H37ClFN5O2/c1-20-7-3-4-8-22(20)16-25(40)15-21(2)28-27(33)17-26-30(29(28)34)36-32(41-14-6-13-38-11-5-12-38)37-31(26)39-18-23-9-10-24(19-39)35-23/h3-4,7-8,15-17,23-24,35,40H,5-6,9-14,18-19H2,1-2H3/b21-15+,25-16+. The number of piperazine rings is 1. The molecule has 2 N–H and O–H groups in total. The predicted octanol–water partition coefficient (Wildman–Crippen LogP) is 6.15. The highest BCUT2D eigenvalue weighted by Crippen LogP contribution is 2.38. The van der Waals surface area contributed by atoms with Gasteiger partial charge in [0.15, 0.2) is 5.82 Å². The number of benzene rings is 2. The van der Waals surface area contributed by atoms with Gasteiger partial charge in [0.1, 0.15) is 17.1 Å². The minimum Gasteiger partial charge on any atom is -0.508 e. The minimum atomic E-state index is -0.544. The summed E-state index contributed by atoms with van der Waals surface area (Å²) in [5.41, 5.74) is 2.79. The molecule has 3 fully saturated rings. The van der Waals surface area contributed by atoms with E-state index in [2.05, 4.69) is 20.1 Å². The Morgan fingerprint density at radius 1 is 1.20 bits per heavy atom. The van der Waals surface area contributed by atoms with Crippen LogP contribution < -0.4 is 15.0 Å². The molecule has 0 amide bonds. The molecule has 0 saturated carbocycles. The van der Waals surface area contributed by atoms with Gasteiger partial charge in [0.25, 0.3) is 0 Å². The number of aliphatic hydroxyl groups is 1. The number of aryl methyl sites for hydroxylation is 1. The SMILES string of the molecule is C/C(=C\C(O)=C/c1ccccc1C)c1c(Cl)cc2c(N3CC4CCC(C3)N4)nc(OCCCN3CCC3)nc2c1F. The number of allylic oxidation sites excluding steroid dienone is 2. The summed E-state index contributed by atoms with van der Waals surface area (Å²) in [5.74, 6) is 0.123. The summed E-state index contributed by atoms with van der Waals surface area (Å²) in [5, 5.41) is 15.2. The molecule has 3 aliphatic rings. The van der Waals surface area contributed by atoms with Crippen LogP contribution in [0.5, 0.6) is 6.01 Å². The van der Waals surface area contributed by atoms with E-state index in [-0.39, 0.29) is 27.9 Å². The summed E-state index contributed by atoms with van der Waals surface area (Å²) in [6.45, 7) is 9.00. The molecule has 7 nitrogen and oxygen atoms in total. The Morgan fingerprint density at radius 3 is 2.66 bits per heavy atom. The van der Waals surface area contributed by atoms with Crippen LogP contribution in [-0.2, 0) is 0 Å². The van der Waals surface area contributed by atoms with E-state index in [0.29, 0.717) is 35.5 Å². The van der Waals surface area contributed by atoms with Gasteiger partial charge in [-0.15, -0.1) is 0 Å². The molecule has 3 aliphatic heterocycles. The second-order valence-electron chi connectivity index (χ2n) is 11.5. The fourth-order valence-corrected chi connectivity index (χ4v) is 6.44. The van der Waals surface area contributed by atoms with Crippen LogP contribution in [0, 0.1) is 12.7 Å². The third-order valence-corrected chi connectivity index (χ3v) is 8.71. The molecule has 3 aromatic rings. The Balaban J connectivity index is 1.36. The number of nitrogens with zero attached hydrogens (tertiary/aromatic N) is 4. The molecule has 4 heterocycles. The van der Waals surface area contributed by atoms with Crippen molar-refractivity contribution in [3.05, 3.63) is 69.7 Å². The number of hydrogen-bond acceptors (Lipinski definition) is 7. The highest BCUT2D eigenvalue weighted by molar-refractivity contribution is 6.33. The zero-order valence-corrected chi connectivity index (χ0v) is 24.4. The van der Waals surface area contributed by atoms with Gasteiger partial charge in [-0.1, -0.05) is 35.9 Å². The zero-order valence-electron chi connectivity index (χ0n) is 23.7. The fourth-order valence-electron chi connectivity index (χ4n) is 6.10. The van der Waals surface area contributed by atoms with Crippen LogP contribution in [0.4, 0.5) is 10.2 Å². The number of likely N-dealkylation sites (tertiary alicyclic amines) is 1. The van der Waals surface area contributed by atoms with E-state index in [1.165, 1.54) is 12.5 Å². The van der Waals surface area contributed by atoms with Gasteiger partial charge < -0.3 is 25.0 Å². The van der Waals surface area contributed by atoms with Crippen LogP contribution in [0.1, 0.15) is 49.3 Å². The average Bonchev–Trinajstić information content (AvgIpc) is 3.25. The van der Waals surface area contributed by atoms with E-state index < -0.39 is 5.82 Å². The molecular formula is C32H37ClFN5O2. The molecule has 6 rings (SSSR count). The van der Waals surface area contributed by atoms with Crippen LogP contribution in [0.15, 0.2) is 42.2 Å². The first kappa shape index (κ1) is 27.9. The summed E-state index contributed by atoms with van der Waals surface area (Å²) in [6.07, 6.45) is 7.54. The van der Waals surface area contributed by atoms with Gasteiger partial charge in [-0.3, -0.25) is 0 Å². The molecule has 2 unspecified atom stereocenters. The average molecular weight is 578 g/mol. The first-order valence-electron chi connectivity index (χ1n) is 14.6. The minimum absolute atomic E-state index is 0.0123. The van der Waals surface area contributed by atoms with Crippen molar-refractivity contribution < 1.29 is 14.2 Å². The summed E-state index contributed by atoms with van der Waals surface area (Å²) < 4.78 is 22.4. The quantitative estimate of drug-likeness (QED) is 0.179. The van der Waals surface area contributed by atoms with Gasteiger partial charge in [-0.2, -0.15) is 9.97 Å². The van der Waals surface area contributed by atoms with Crippen molar-refractivity contribution in [1.82, 2.24) is 20.2 Å². The number of rotatable bonds is 9. The number of ether oxygens (including phenoxy) is 1. The topological polar surface area (TPSA) is 73.8 Å². The van der Waals surface area contributed by atoms with Gasteiger partial charge in [0.2, 0.25) is 0 Å². The van der Waals surface area contributed by atoms with Crippen LogP contribution in [-0.4, -0.2) is 71.4 Å². The molecule has 0 aliphatic carbocycles. The van der Waals surface area contributed by atoms with Crippen molar-refractivity contribution in [1.29, 1.82) is 0 Å². The molecule has 1 aromatic heterocycles. The van der Waals surface area contributed by atoms with E-state index >= 15 is 4.39 Å². The molecule has 2 aromatic carbocycles. The normalized spacial score (nSPS) is 21.4. The van der Waals surface area contributed by atoms with E-state index in [1.807, 2.05) is 31.2 Å². The summed E-state index contributed by atoms with van der Waals surface area (Å²) in [7, 11) is 0. The molecular weight excluding hydrogens is 541 g/mol. The lowest BCUT2D eigenvalue weighted by Gasteiger charge is -2.34. The second-order valence-corrected chi connectivity index (χ2v) is 11.9. The van der Waals surface area contributed by atoms with E-state index in [4.69, 9.17) is 21.3 Å². The Morgan fingerprint density at radius 2 is 1.95 bits per heavy atom. The molecule has 2 bridgehead atoms. The number of aromatic nitrogens is 2. The Labute approximate surface area is 245 Å². The highest BCUT2D eigenvalue weighted by Gasteiger charge is 2.34. The molecule has 0 radical (unpaired) electrons.